The summed E-state index contributed by atoms with van der Waals surface area (Å²) in [5, 5.41) is 23.3. The molecule has 5 N–H and O–H groups in total. The van der Waals surface area contributed by atoms with Gasteiger partial charge in [-0.05, 0) is 29.5 Å². The van der Waals surface area contributed by atoms with E-state index in [-0.39, 0.29) is 12.5 Å². The molecule has 1 aliphatic carbocycles. The van der Waals surface area contributed by atoms with Crippen molar-refractivity contribution in [1.29, 1.82) is 0 Å². The second-order valence-electron chi connectivity index (χ2n) is 6.97. The highest BCUT2D eigenvalue weighted by atomic mass is 16.3. The van der Waals surface area contributed by atoms with Gasteiger partial charge in [-0.3, -0.25) is 4.79 Å². The molecule has 1 aliphatic rings. The third kappa shape index (κ3) is 4.30. The Bertz CT molecular complexity index is 735. The predicted molar refractivity (Wildman–Crippen MR) is 100 cm³/mol. The number of hydrogen-bond acceptors (Lipinski definition) is 4. The third-order valence-electron chi connectivity index (χ3n) is 5.03. The van der Waals surface area contributed by atoms with Crippen molar-refractivity contribution in [3.05, 3.63) is 71.3 Å². The number of benzene rings is 2. The molecule has 26 heavy (non-hydrogen) atoms. The van der Waals surface area contributed by atoms with Gasteiger partial charge in [0.15, 0.2) is 0 Å². The molecule has 0 saturated heterocycles. The number of rotatable bonds is 7. The number of nitrogens with one attached hydrogen (secondary N) is 1. The number of nitrogens with two attached hydrogens (primary N) is 1. The molecule has 5 nitrogen and oxygen atoms in total. The van der Waals surface area contributed by atoms with Crippen LogP contribution in [0.25, 0.3) is 0 Å². The van der Waals surface area contributed by atoms with E-state index in [0.29, 0.717) is 19.3 Å². The van der Waals surface area contributed by atoms with Crippen LogP contribution in [0.4, 0.5) is 0 Å². The number of carbonyl (C=O) groups excluding carboxylic acids is 1. The molecule has 3 rings (SSSR count). The zero-order chi connectivity index (χ0) is 18.5. The second kappa shape index (κ2) is 8.45. The summed E-state index contributed by atoms with van der Waals surface area (Å²) >= 11 is 0. The Morgan fingerprint density at radius 3 is 2.58 bits per heavy atom. The van der Waals surface area contributed by atoms with E-state index >= 15 is 0 Å². The summed E-state index contributed by atoms with van der Waals surface area (Å²) in [6.45, 7) is 0.119. The van der Waals surface area contributed by atoms with E-state index < -0.39 is 24.2 Å². The molecule has 4 unspecified atom stereocenters. The van der Waals surface area contributed by atoms with Crippen molar-refractivity contribution in [2.45, 2.75) is 37.5 Å². The molecule has 1 amide bonds. The molecule has 0 radical (unpaired) electrons. The molecule has 0 bridgehead atoms. The Hall–Kier alpha value is -2.21. The van der Waals surface area contributed by atoms with Crippen LogP contribution in [0.2, 0.25) is 0 Å². The van der Waals surface area contributed by atoms with Gasteiger partial charge in [-0.15, -0.1) is 0 Å². The van der Waals surface area contributed by atoms with E-state index in [1.54, 1.807) is 0 Å². The Labute approximate surface area is 153 Å². The Morgan fingerprint density at radius 2 is 1.85 bits per heavy atom. The lowest BCUT2D eigenvalue weighted by molar-refractivity contribution is -0.127. The highest BCUT2D eigenvalue weighted by Crippen LogP contribution is 2.31. The average Bonchev–Trinajstić information content (AvgIpc) is 2.97. The van der Waals surface area contributed by atoms with E-state index in [1.165, 1.54) is 0 Å². The van der Waals surface area contributed by atoms with Crippen LogP contribution in [0.1, 0.15) is 29.2 Å². The SMILES string of the molecule is NCC(O)CC(Cc1ccccc1)C(=O)NC1c2ccccc2CC1O. The summed E-state index contributed by atoms with van der Waals surface area (Å²) in [5.41, 5.74) is 8.60. The normalized spacial score (nSPS) is 21.0. The van der Waals surface area contributed by atoms with E-state index in [9.17, 15) is 15.0 Å². The monoisotopic (exact) mass is 354 g/mol. The van der Waals surface area contributed by atoms with Gasteiger partial charge in [0.05, 0.1) is 18.2 Å². The molecular weight excluding hydrogens is 328 g/mol. The first-order chi connectivity index (χ1) is 12.6. The van der Waals surface area contributed by atoms with Crippen LogP contribution in [0.3, 0.4) is 0 Å². The summed E-state index contributed by atoms with van der Waals surface area (Å²) < 4.78 is 0. The standard InChI is InChI=1S/C21H26N2O3/c22-13-17(24)11-16(10-14-6-2-1-3-7-14)21(26)23-20-18-9-5-4-8-15(18)12-19(20)25/h1-9,16-17,19-20,24-25H,10-13,22H2,(H,23,26). The first kappa shape index (κ1) is 18.6. The minimum Gasteiger partial charge on any atom is -0.392 e. The van der Waals surface area contributed by atoms with Crippen molar-refractivity contribution in [2.24, 2.45) is 11.7 Å². The summed E-state index contributed by atoms with van der Waals surface area (Å²) in [7, 11) is 0. The van der Waals surface area contributed by atoms with Crippen LogP contribution in [-0.2, 0) is 17.6 Å². The average molecular weight is 354 g/mol. The van der Waals surface area contributed by atoms with Crippen molar-refractivity contribution in [2.75, 3.05) is 6.54 Å². The van der Waals surface area contributed by atoms with Gasteiger partial charge >= 0.3 is 0 Å². The van der Waals surface area contributed by atoms with Crippen molar-refractivity contribution in [3.8, 4) is 0 Å². The van der Waals surface area contributed by atoms with Crippen molar-refractivity contribution in [3.63, 3.8) is 0 Å². The van der Waals surface area contributed by atoms with E-state index in [4.69, 9.17) is 5.73 Å². The highest BCUT2D eigenvalue weighted by Gasteiger charge is 2.33. The van der Waals surface area contributed by atoms with Gasteiger partial charge in [0.1, 0.15) is 0 Å². The highest BCUT2D eigenvalue weighted by molar-refractivity contribution is 5.79. The summed E-state index contributed by atoms with van der Waals surface area (Å²) in [5.74, 6) is -0.571. The van der Waals surface area contributed by atoms with Crippen molar-refractivity contribution < 1.29 is 15.0 Å². The zero-order valence-electron chi connectivity index (χ0n) is 14.7. The third-order valence-corrected chi connectivity index (χ3v) is 5.03. The van der Waals surface area contributed by atoms with Crippen molar-refractivity contribution in [1.82, 2.24) is 5.32 Å². The number of amides is 1. The minimum atomic E-state index is -0.727. The number of fused-ring (bicyclic) bond motifs is 1. The molecule has 138 valence electrons. The molecule has 0 saturated carbocycles. The minimum absolute atomic E-state index is 0.119. The van der Waals surface area contributed by atoms with E-state index in [2.05, 4.69) is 5.32 Å². The Morgan fingerprint density at radius 1 is 1.15 bits per heavy atom. The molecule has 2 aromatic carbocycles. The van der Waals surface area contributed by atoms with Crippen LogP contribution < -0.4 is 11.1 Å². The first-order valence-corrected chi connectivity index (χ1v) is 9.06. The molecule has 0 spiro atoms. The maximum Gasteiger partial charge on any atom is 0.224 e. The molecule has 0 heterocycles. The number of aliphatic hydroxyl groups is 2. The smallest absolute Gasteiger partial charge is 0.224 e. The summed E-state index contributed by atoms with van der Waals surface area (Å²) in [4.78, 5) is 12.9. The number of hydrogen-bond donors (Lipinski definition) is 4. The molecule has 0 fully saturated rings. The van der Waals surface area contributed by atoms with Crippen LogP contribution in [-0.4, -0.2) is 34.9 Å². The maximum absolute atomic E-state index is 12.9. The summed E-state index contributed by atoms with van der Waals surface area (Å²) in [6.07, 6.45) is -0.00500. The van der Waals surface area contributed by atoms with Crippen LogP contribution in [0.5, 0.6) is 0 Å². The molecule has 0 aromatic heterocycles. The summed E-state index contributed by atoms with van der Waals surface area (Å²) in [6, 6.07) is 17.1. The largest absolute Gasteiger partial charge is 0.392 e. The Balaban J connectivity index is 1.74. The quantitative estimate of drug-likeness (QED) is 0.603. The van der Waals surface area contributed by atoms with Gasteiger partial charge in [-0.25, -0.2) is 0 Å². The zero-order valence-corrected chi connectivity index (χ0v) is 14.7. The van der Waals surface area contributed by atoms with Crippen LogP contribution >= 0.6 is 0 Å². The fourth-order valence-electron chi connectivity index (χ4n) is 3.63. The first-order valence-electron chi connectivity index (χ1n) is 9.06. The molecule has 2 aromatic rings. The molecule has 0 aliphatic heterocycles. The van der Waals surface area contributed by atoms with Gasteiger partial charge in [0.2, 0.25) is 5.91 Å². The van der Waals surface area contributed by atoms with E-state index in [0.717, 1.165) is 16.7 Å². The maximum atomic E-state index is 12.9. The lowest BCUT2D eigenvalue weighted by atomic mass is 9.92. The number of aliphatic hydroxyl groups excluding tert-OH is 2. The van der Waals surface area contributed by atoms with Gasteiger partial charge in [-0.2, -0.15) is 0 Å². The van der Waals surface area contributed by atoms with Gasteiger partial charge in [-0.1, -0.05) is 54.6 Å². The molecule has 4 atom stereocenters. The van der Waals surface area contributed by atoms with Gasteiger partial charge in [0.25, 0.3) is 0 Å². The fraction of sp³-hybridized carbons (Fsp3) is 0.381. The lowest BCUT2D eigenvalue weighted by Gasteiger charge is -2.24. The number of carbonyl (C=O) groups is 1. The van der Waals surface area contributed by atoms with Gasteiger partial charge < -0.3 is 21.3 Å². The van der Waals surface area contributed by atoms with Gasteiger partial charge in [0, 0.05) is 18.9 Å². The van der Waals surface area contributed by atoms with Crippen LogP contribution in [0.15, 0.2) is 54.6 Å². The molecule has 5 heteroatoms. The second-order valence-corrected chi connectivity index (χ2v) is 6.97. The molecular formula is C21H26N2O3. The van der Waals surface area contributed by atoms with Crippen molar-refractivity contribution >= 4 is 5.91 Å². The topological polar surface area (TPSA) is 95.6 Å². The Kier molecular flexibility index (Phi) is 6.04. The van der Waals surface area contributed by atoms with E-state index in [1.807, 2.05) is 54.6 Å². The fourth-order valence-corrected chi connectivity index (χ4v) is 3.63. The van der Waals surface area contributed by atoms with Crippen LogP contribution in [0, 0.1) is 5.92 Å². The predicted octanol–water partition coefficient (Wildman–Crippen LogP) is 1.33. The lowest BCUT2D eigenvalue weighted by Crippen LogP contribution is -2.40.